The van der Waals surface area contributed by atoms with Gasteiger partial charge < -0.3 is 20.1 Å². The third kappa shape index (κ3) is 5.53. The minimum atomic E-state index is -1.13. The highest BCUT2D eigenvalue weighted by atomic mass is 16.5. The van der Waals surface area contributed by atoms with E-state index in [1.807, 2.05) is 36.4 Å². The second-order valence-electron chi connectivity index (χ2n) is 8.11. The van der Waals surface area contributed by atoms with Crippen LogP contribution in [0.5, 0.6) is 0 Å². The monoisotopic (exact) mass is 448 g/mol. The first kappa shape index (κ1) is 23.9. The number of carbonyl (C=O) groups excluding carboxylic acids is 2. The van der Waals surface area contributed by atoms with Gasteiger partial charge in [-0.1, -0.05) is 48.5 Å². The molecule has 1 aliphatic carbocycles. The molecule has 2 aromatic rings. The maximum atomic E-state index is 13.0. The van der Waals surface area contributed by atoms with Gasteiger partial charge >= 0.3 is 12.1 Å². The van der Waals surface area contributed by atoms with E-state index in [1.165, 1.54) is 4.90 Å². The van der Waals surface area contributed by atoms with Gasteiger partial charge in [-0.25, -0.2) is 4.79 Å². The molecule has 0 spiro atoms. The zero-order valence-corrected chi connectivity index (χ0v) is 19.0. The van der Waals surface area contributed by atoms with E-state index in [0.29, 0.717) is 0 Å². The third-order valence-corrected chi connectivity index (χ3v) is 5.63. The molecule has 172 valence electrons. The molecule has 7 heteroatoms. The average Bonchev–Trinajstić information content (AvgIpc) is 3.12. The number of alkyl carbamates (subject to hydrolysis) is 1. The molecule has 2 amide bonds. The van der Waals surface area contributed by atoms with Crippen molar-refractivity contribution in [2.24, 2.45) is 0 Å². The summed E-state index contributed by atoms with van der Waals surface area (Å²) in [6.07, 6.45) is -0.685. The molecule has 3 rings (SSSR count). The number of carboxylic acid groups (broad SMARTS) is 1. The number of aliphatic carboxylic acids is 1. The highest BCUT2D eigenvalue weighted by Gasteiger charge is 2.31. The van der Waals surface area contributed by atoms with E-state index < -0.39 is 30.6 Å². The molecule has 1 atom stereocenters. The number of rotatable bonds is 8. The van der Waals surface area contributed by atoms with Crippen molar-refractivity contribution >= 4 is 18.0 Å². The lowest BCUT2D eigenvalue weighted by molar-refractivity contribution is -0.146. The zero-order valence-electron chi connectivity index (χ0n) is 19.0. The lowest BCUT2D eigenvalue weighted by atomic mass is 9.98. The molecular weight excluding hydrogens is 420 g/mol. The van der Waals surface area contributed by atoms with Gasteiger partial charge in [-0.3, -0.25) is 9.59 Å². The van der Waals surface area contributed by atoms with Gasteiger partial charge in [-0.05, 0) is 43.0 Å². The molecule has 0 fully saturated rings. The maximum absolute atomic E-state index is 13.0. The van der Waals surface area contributed by atoms with Crippen LogP contribution < -0.4 is 5.32 Å². The Morgan fingerprint density at radius 2 is 1.64 bits per heavy atom. The van der Waals surface area contributed by atoms with Crippen LogP contribution in [0.15, 0.2) is 48.5 Å². The highest BCUT2D eigenvalue weighted by molar-refractivity contribution is 5.88. The SMILES string of the molecule is CC#CCC(NC(=O)OCC1c2ccccc2-c2ccccc21)C(=O)N(CC(=O)O)C(C)C. The van der Waals surface area contributed by atoms with Crippen molar-refractivity contribution in [2.75, 3.05) is 13.2 Å². The Morgan fingerprint density at radius 1 is 1.06 bits per heavy atom. The first-order chi connectivity index (χ1) is 15.8. The van der Waals surface area contributed by atoms with Crippen LogP contribution >= 0.6 is 0 Å². The van der Waals surface area contributed by atoms with Gasteiger partial charge in [-0.2, -0.15) is 0 Å². The molecule has 0 saturated heterocycles. The van der Waals surface area contributed by atoms with E-state index in [9.17, 15) is 14.4 Å². The van der Waals surface area contributed by atoms with Gasteiger partial charge in [0.1, 0.15) is 19.2 Å². The molecule has 1 aliphatic rings. The van der Waals surface area contributed by atoms with Gasteiger partial charge in [0.2, 0.25) is 5.91 Å². The molecule has 0 aromatic heterocycles. The molecule has 0 heterocycles. The number of fused-ring (bicyclic) bond motifs is 3. The normalized spacial score (nSPS) is 12.7. The number of nitrogens with one attached hydrogen (secondary N) is 1. The van der Waals surface area contributed by atoms with Crippen molar-refractivity contribution in [2.45, 2.75) is 45.2 Å². The molecule has 7 nitrogen and oxygen atoms in total. The van der Waals surface area contributed by atoms with Gasteiger partial charge in [0.05, 0.1) is 0 Å². The number of nitrogens with zero attached hydrogens (tertiary/aromatic N) is 1. The summed E-state index contributed by atoms with van der Waals surface area (Å²) in [5.41, 5.74) is 4.41. The number of carboxylic acids is 1. The molecule has 2 aromatic carbocycles. The number of amides is 2. The molecule has 0 radical (unpaired) electrons. The summed E-state index contributed by atoms with van der Waals surface area (Å²) in [6, 6.07) is 14.7. The Morgan fingerprint density at radius 3 is 2.15 bits per heavy atom. The number of ether oxygens (including phenoxy) is 1. The fourth-order valence-electron chi connectivity index (χ4n) is 4.05. The molecular formula is C26H28N2O5. The van der Waals surface area contributed by atoms with E-state index in [-0.39, 0.29) is 25.0 Å². The quantitative estimate of drug-likeness (QED) is 0.602. The second kappa shape index (κ2) is 10.7. The van der Waals surface area contributed by atoms with Gasteiger partial charge in [0.15, 0.2) is 0 Å². The first-order valence-corrected chi connectivity index (χ1v) is 10.9. The summed E-state index contributed by atoms with van der Waals surface area (Å²) in [6.45, 7) is 4.72. The van der Waals surface area contributed by atoms with Crippen LogP contribution in [0.4, 0.5) is 4.79 Å². The fraction of sp³-hybridized carbons (Fsp3) is 0.346. The highest BCUT2D eigenvalue weighted by Crippen LogP contribution is 2.44. The fourth-order valence-corrected chi connectivity index (χ4v) is 4.05. The van der Waals surface area contributed by atoms with Crippen molar-refractivity contribution in [1.29, 1.82) is 0 Å². The smallest absolute Gasteiger partial charge is 0.407 e. The van der Waals surface area contributed by atoms with E-state index in [0.717, 1.165) is 22.3 Å². The summed E-state index contributed by atoms with van der Waals surface area (Å²) in [5, 5.41) is 11.7. The largest absolute Gasteiger partial charge is 0.480 e. The minimum absolute atomic E-state index is 0.0579. The summed E-state index contributed by atoms with van der Waals surface area (Å²) >= 11 is 0. The first-order valence-electron chi connectivity index (χ1n) is 10.9. The Hall–Kier alpha value is -3.79. The van der Waals surface area contributed by atoms with E-state index >= 15 is 0 Å². The molecule has 0 bridgehead atoms. The zero-order chi connectivity index (χ0) is 24.0. The maximum Gasteiger partial charge on any atom is 0.407 e. The Bertz CT molecular complexity index is 1050. The Kier molecular flexibility index (Phi) is 7.73. The Labute approximate surface area is 193 Å². The number of carbonyl (C=O) groups is 3. The summed E-state index contributed by atoms with van der Waals surface area (Å²) in [7, 11) is 0. The molecule has 1 unspecified atom stereocenters. The van der Waals surface area contributed by atoms with Crippen LogP contribution in [0.3, 0.4) is 0 Å². The predicted octanol–water partition coefficient (Wildman–Crippen LogP) is 3.63. The topological polar surface area (TPSA) is 95.9 Å². The van der Waals surface area contributed by atoms with Crippen molar-refractivity contribution in [3.05, 3.63) is 59.7 Å². The van der Waals surface area contributed by atoms with Crippen LogP contribution in [-0.2, 0) is 14.3 Å². The predicted molar refractivity (Wildman–Crippen MR) is 125 cm³/mol. The minimum Gasteiger partial charge on any atom is -0.480 e. The van der Waals surface area contributed by atoms with Crippen molar-refractivity contribution in [3.8, 4) is 23.0 Å². The summed E-state index contributed by atoms with van der Waals surface area (Å²) in [4.78, 5) is 38.0. The van der Waals surface area contributed by atoms with Crippen LogP contribution in [0.1, 0.15) is 44.2 Å². The summed E-state index contributed by atoms with van der Waals surface area (Å²) in [5.74, 6) is 3.75. The molecule has 0 saturated carbocycles. The van der Waals surface area contributed by atoms with Crippen LogP contribution in [0.25, 0.3) is 11.1 Å². The van der Waals surface area contributed by atoms with Gasteiger partial charge in [0, 0.05) is 18.4 Å². The molecule has 0 aliphatic heterocycles. The lowest BCUT2D eigenvalue weighted by Gasteiger charge is -2.29. The van der Waals surface area contributed by atoms with Crippen molar-refractivity contribution in [1.82, 2.24) is 10.2 Å². The average molecular weight is 449 g/mol. The van der Waals surface area contributed by atoms with Crippen molar-refractivity contribution in [3.63, 3.8) is 0 Å². The number of benzene rings is 2. The standard InChI is InChI=1S/C26H28N2O5/c1-4-5-14-23(25(31)28(17(2)3)15-24(29)30)27-26(32)33-16-22-20-12-8-6-10-18(20)19-11-7-9-13-21(19)22/h6-13,17,22-23H,14-16H2,1-3H3,(H,27,32)(H,29,30). The Balaban J connectivity index is 1.71. The van der Waals surface area contributed by atoms with Crippen LogP contribution in [0.2, 0.25) is 0 Å². The molecule has 33 heavy (non-hydrogen) atoms. The number of hydrogen-bond donors (Lipinski definition) is 2. The third-order valence-electron chi connectivity index (χ3n) is 5.63. The van der Waals surface area contributed by atoms with E-state index in [1.54, 1.807) is 20.8 Å². The lowest BCUT2D eigenvalue weighted by Crippen LogP contribution is -2.52. The van der Waals surface area contributed by atoms with Gasteiger partial charge in [-0.15, -0.1) is 11.8 Å². The van der Waals surface area contributed by atoms with E-state index in [2.05, 4.69) is 29.3 Å². The van der Waals surface area contributed by atoms with E-state index in [4.69, 9.17) is 9.84 Å². The summed E-state index contributed by atoms with van der Waals surface area (Å²) < 4.78 is 5.54. The van der Waals surface area contributed by atoms with Crippen molar-refractivity contribution < 1.29 is 24.2 Å². The van der Waals surface area contributed by atoms with Crippen LogP contribution in [-0.4, -0.2) is 53.2 Å². The van der Waals surface area contributed by atoms with Crippen LogP contribution in [0, 0.1) is 11.8 Å². The van der Waals surface area contributed by atoms with Gasteiger partial charge in [0.25, 0.3) is 0 Å². The second-order valence-corrected chi connectivity index (χ2v) is 8.11. The number of hydrogen-bond acceptors (Lipinski definition) is 4. The molecule has 2 N–H and O–H groups in total.